The van der Waals surface area contributed by atoms with E-state index in [1.807, 2.05) is 25.1 Å². The fourth-order valence-corrected chi connectivity index (χ4v) is 3.44. The predicted octanol–water partition coefficient (Wildman–Crippen LogP) is 3.96. The molecule has 0 saturated heterocycles. The number of benzene rings is 2. The number of ether oxygens (including phenoxy) is 3. The SMILES string of the molecule is CCNC(=NCCCOC(C)c1ccccc1)NCCc1cc(F)cc2c1OCOC2. The Hall–Kier alpha value is -2.64. The van der Waals surface area contributed by atoms with Gasteiger partial charge in [0.05, 0.1) is 12.7 Å². The van der Waals surface area contributed by atoms with Crippen LogP contribution in [0, 0.1) is 5.82 Å². The third-order valence-corrected chi connectivity index (χ3v) is 4.99. The van der Waals surface area contributed by atoms with Crippen molar-refractivity contribution in [3.63, 3.8) is 0 Å². The summed E-state index contributed by atoms with van der Waals surface area (Å²) < 4.78 is 30.6. The fourth-order valence-electron chi connectivity index (χ4n) is 3.44. The van der Waals surface area contributed by atoms with Crippen molar-refractivity contribution in [3.8, 4) is 5.75 Å². The van der Waals surface area contributed by atoms with Gasteiger partial charge in [0.15, 0.2) is 12.8 Å². The molecule has 0 aromatic heterocycles. The van der Waals surface area contributed by atoms with Crippen LogP contribution in [-0.4, -0.2) is 39.0 Å². The number of nitrogens with one attached hydrogen (secondary N) is 2. The summed E-state index contributed by atoms with van der Waals surface area (Å²) >= 11 is 0. The Bertz CT molecular complexity index is 845. The van der Waals surface area contributed by atoms with Gasteiger partial charge in [-0.25, -0.2) is 4.39 Å². The number of hydrogen-bond donors (Lipinski definition) is 2. The Balaban J connectivity index is 1.43. The first-order chi connectivity index (χ1) is 15.2. The van der Waals surface area contributed by atoms with Crippen molar-refractivity contribution in [2.75, 3.05) is 33.0 Å². The highest BCUT2D eigenvalue weighted by Crippen LogP contribution is 2.29. The van der Waals surface area contributed by atoms with Crippen molar-refractivity contribution >= 4 is 5.96 Å². The number of nitrogens with zero attached hydrogens (tertiary/aromatic N) is 1. The van der Waals surface area contributed by atoms with E-state index in [9.17, 15) is 4.39 Å². The van der Waals surface area contributed by atoms with E-state index < -0.39 is 0 Å². The molecule has 1 aliphatic heterocycles. The van der Waals surface area contributed by atoms with E-state index in [1.165, 1.54) is 17.7 Å². The molecule has 7 heteroatoms. The lowest BCUT2D eigenvalue weighted by Crippen LogP contribution is -2.38. The zero-order chi connectivity index (χ0) is 21.9. The van der Waals surface area contributed by atoms with E-state index in [2.05, 4.69) is 34.7 Å². The minimum atomic E-state index is -0.270. The monoisotopic (exact) mass is 429 g/mol. The molecule has 0 amide bonds. The summed E-state index contributed by atoms with van der Waals surface area (Å²) in [7, 11) is 0. The first kappa shape index (κ1) is 23.0. The van der Waals surface area contributed by atoms with Crippen molar-refractivity contribution in [1.29, 1.82) is 0 Å². The van der Waals surface area contributed by atoms with Gasteiger partial charge in [0.25, 0.3) is 0 Å². The second-order valence-corrected chi connectivity index (χ2v) is 7.38. The van der Waals surface area contributed by atoms with Crippen LogP contribution in [0.15, 0.2) is 47.5 Å². The average molecular weight is 430 g/mol. The van der Waals surface area contributed by atoms with Crippen molar-refractivity contribution in [2.24, 2.45) is 4.99 Å². The Kier molecular flexibility index (Phi) is 9.12. The third kappa shape index (κ3) is 7.22. The number of aliphatic imine (C=N–C) groups is 1. The molecule has 0 bridgehead atoms. The van der Waals surface area contributed by atoms with Gasteiger partial charge >= 0.3 is 0 Å². The average Bonchev–Trinajstić information content (AvgIpc) is 2.79. The van der Waals surface area contributed by atoms with Crippen LogP contribution >= 0.6 is 0 Å². The molecular weight excluding hydrogens is 397 g/mol. The Morgan fingerprint density at radius 3 is 2.87 bits per heavy atom. The maximum absolute atomic E-state index is 13.9. The van der Waals surface area contributed by atoms with Gasteiger partial charge in [0.1, 0.15) is 11.6 Å². The number of hydrogen-bond acceptors (Lipinski definition) is 4. The third-order valence-electron chi connectivity index (χ3n) is 4.99. The molecule has 31 heavy (non-hydrogen) atoms. The first-order valence-electron chi connectivity index (χ1n) is 10.9. The minimum absolute atomic E-state index is 0.0707. The van der Waals surface area contributed by atoms with Crippen LogP contribution in [-0.2, 0) is 22.5 Å². The van der Waals surface area contributed by atoms with Gasteiger partial charge in [0.2, 0.25) is 0 Å². The lowest BCUT2D eigenvalue weighted by Gasteiger charge is -2.21. The van der Waals surface area contributed by atoms with E-state index in [0.29, 0.717) is 32.7 Å². The Morgan fingerprint density at radius 1 is 1.23 bits per heavy atom. The van der Waals surface area contributed by atoms with Crippen molar-refractivity contribution in [2.45, 2.75) is 39.4 Å². The lowest BCUT2D eigenvalue weighted by atomic mass is 10.1. The zero-order valence-electron chi connectivity index (χ0n) is 18.3. The van der Waals surface area contributed by atoms with E-state index >= 15 is 0 Å². The van der Waals surface area contributed by atoms with Crippen LogP contribution in [0.5, 0.6) is 5.75 Å². The molecule has 0 spiro atoms. The van der Waals surface area contributed by atoms with E-state index in [4.69, 9.17) is 14.2 Å². The number of guanidine groups is 1. The molecule has 2 aromatic rings. The molecular formula is C24H32FN3O3. The largest absolute Gasteiger partial charge is 0.467 e. The summed E-state index contributed by atoms with van der Waals surface area (Å²) in [6.07, 6.45) is 1.53. The molecule has 6 nitrogen and oxygen atoms in total. The zero-order valence-corrected chi connectivity index (χ0v) is 18.3. The summed E-state index contributed by atoms with van der Waals surface area (Å²) in [6.45, 7) is 7.36. The molecule has 0 aliphatic carbocycles. The molecule has 1 atom stereocenters. The highest BCUT2D eigenvalue weighted by atomic mass is 19.1. The molecule has 3 rings (SSSR count). The van der Waals surface area contributed by atoms with Crippen LogP contribution in [0.25, 0.3) is 0 Å². The molecule has 0 radical (unpaired) electrons. The van der Waals surface area contributed by atoms with Crippen LogP contribution in [0.2, 0.25) is 0 Å². The molecule has 2 aromatic carbocycles. The maximum Gasteiger partial charge on any atom is 0.191 e. The first-order valence-corrected chi connectivity index (χ1v) is 10.9. The van der Waals surface area contributed by atoms with Crippen LogP contribution in [0.4, 0.5) is 4.39 Å². The second-order valence-electron chi connectivity index (χ2n) is 7.38. The van der Waals surface area contributed by atoms with Crippen molar-refractivity contribution < 1.29 is 18.6 Å². The van der Waals surface area contributed by atoms with Crippen LogP contribution in [0.3, 0.4) is 0 Å². The van der Waals surface area contributed by atoms with E-state index in [-0.39, 0.29) is 18.7 Å². The quantitative estimate of drug-likeness (QED) is 0.340. The molecule has 0 saturated carbocycles. The van der Waals surface area contributed by atoms with Gasteiger partial charge in [-0.3, -0.25) is 4.99 Å². The van der Waals surface area contributed by atoms with Crippen molar-refractivity contribution in [3.05, 3.63) is 65.0 Å². The number of halogens is 1. The van der Waals surface area contributed by atoms with Crippen molar-refractivity contribution in [1.82, 2.24) is 10.6 Å². The molecule has 1 aliphatic rings. The standard InChI is InChI=1S/C24H32FN3O3/c1-3-26-24(27-11-7-13-30-18(2)19-8-5-4-6-9-19)28-12-10-20-14-22(25)15-21-16-29-17-31-23(20)21/h4-6,8-9,14-15,18H,3,7,10-13,16-17H2,1-2H3,(H2,26,27,28). The predicted molar refractivity (Wildman–Crippen MR) is 120 cm³/mol. The van der Waals surface area contributed by atoms with Gasteiger partial charge < -0.3 is 24.8 Å². The van der Waals surface area contributed by atoms with Crippen LogP contribution < -0.4 is 15.4 Å². The van der Waals surface area contributed by atoms with E-state index in [0.717, 1.165) is 35.8 Å². The van der Waals surface area contributed by atoms with Crippen LogP contribution in [0.1, 0.15) is 43.1 Å². The second kappa shape index (κ2) is 12.3. The highest BCUT2D eigenvalue weighted by Gasteiger charge is 2.16. The van der Waals surface area contributed by atoms with Gasteiger partial charge in [-0.15, -0.1) is 0 Å². The van der Waals surface area contributed by atoms with E-state index in [1.54, 1.807) is 0 Å². The molecule has 1 unspecified atom stereocenters. The Labute approximate surface area is 183 Å². The minimum Gasteiger partial charge on any atom is -0.467 e. The smallest absolute Gasteiger partial charge is 0.191 e. The maximum atomic E-state index is 13.9. The summed E-state index contributed by atoms with van der Waals surface area (Å²) in [5, 5.41) is 6.55. The number of rotatable bonds is 10. The molecule has 0 fully saturated rings. The summed E-state index contributed by atoms with van der Waals surface area (Å²) in [6, 6.07) is 13.2. The molecule has 1 heterocycles. The lowest BCUT2D eigenvalue weighted by molar-refractivity contribution is -0.0172. The summed E-state index contributed by atoms with van der Waals surface area (Å²) in [5.41, 5.74) is 2.77. The van der Waals surface area contributed by atoms with Gasteiger partial charge in [-0.2, -0.15) is 0 Å². The fraction of sp³-hybridized carbons (Fsp3) is 0.458. The normalized spacial score (nSPS) is 14.5. The van der Waals surface area contributed by atoms with Gasteiger partial charge in [0, 0.05) is 31.8 Å². The van der Waals surface area contributed by atoms with Gasteiger partial charge in [-0.1, -0.05) is 30.3 Å². The highest BCUT2D eigenvalue weighted by molar-refractivity contribution is 5.79. The Morgan fingerprint density at radius 2 is 2.06 bits per heavy atom. The number of fused-ring (bicyclic) bond motifs is 1. The molecule has 2 N–H and O–H groups in total. The summed E-state index contributed by atoms with van der Waals surface area (Å²) in [4.78, 5) is 4.61. The molecule has 168 valence electrons. The topological polar surface area (TPSA) is 64.1 Å². The summed E-state index contributed by atoms with van der Waals surface area (Å²) in [5.74, 6) is 1.21. The van der Waals surface area contributed by atoms with Gasteiger partial charge in [-0.05, 0) is 49.9 Å².